The molecule has 30 heavy (non-hydrogen) atoms. The molecular formula is C22H25FN2O5. The number of benzene rings is 2. The fourth-order valence-electron chi connectivity index (χ4n) is 3.10. The SMILES string of the molecule is COc1ccc(CC(=O)O[C@@H](C)C(=O)Nc2ccc(N3CCOCC3)cc2)cc1F. The predicted octanol–water partition coefficient (Wildman–Crippen LogP) is 2.78. The number of anilines is 2. The molecule has 8 heteroatoms. The normalized spacial score (nSPS) is 14.7. The van der Waals surface area contributed by atoms with E-state index in [-0.39, 0.29) is 12.2 Å². The summed E-state index contributed by atoms with van der Waals surface area (Å²) in [5, 5.41) is 2.73. The summed E-state index contributed by atoms with van der Waals surface area (Å²) in [7, 11) is 1.36. The molecule has 0 aromatic heterocycles. The molecule has 1 aliphatic heterocycles. The molecule has 0 saturated carbocycles. The van der Waals surface area contributed by atoms with Crippen molar-refractivity contribution >= 4 is 23.3 Å². The van der Waals surface area contributed by atoms with Gasteiger partial charge in [0.05, 0.1) is 26.7 Å². The maximum Gasteiger partial charge on any atom is 0.311 e. The highest BCUT2D eigenvalue weighted by atomic mass is 19.1. The Labute approximate surface area is 174 Å². The Balaban J connectivity index is 1.50. The van der Waals surface area contributed by atoms with E-state index in [0.717, 1.165) is 18.8 Å². The number of hydrogen-bond donors (Lipinski definition) is 1. The van der Waals surface area contributed by atoms with E-state index in [2.05, 4.69) is 10.2 Å². The minimum Gasteiger partial charge on any atom is -0.494 e. The number of methoxy groups -OCH3 is 1. The number of hydrogen-bond acceptors (Lipinski definition) is 6. The molecule has 0 unspecified atom stereocenters. The summed E-state index contributed by atoms with van der Waals surface area (Å²) >= 11 is 0. The Morgan fingerprint density at radius 2 is 1.87 bits per heavy atom. The van der Waals surface area contributed by atoms with Crippen molar-refractivity contribution < 1.29 is 28.2 Å². The van der Waals surface area contributed by atoms with E-state index >= 15 is 0 Å². The fourth-order valence-corrected chi connectivity index (χ4v) is 3.10. The van der Waals surface area contributed by atoms with E-state index in [1.54, 1.807) is 18.2 Å². The van der Waals surface area contributed by atoms with Crippen LogP contribution < -0.4 is 15.0 Å². The van der Waals surface area contributed by atoms with Gasteiger partial charge in [0.1, 0.15) is 0 Å². The lowest BCUT2D eigenvalue weighted by Gasteiger charge is -2.28. The van der Waals surface area contributed by atoms with Crippen LogP contribution in [0.4, 0.5) is 15.8 Å². The van der Waals surface area contributed by atoms with E-state index in [1.807, 2.05) is 12.1 Å². The lowest BCUT2D eigenvalue weighted by molar-refractivity contribution is -0.152. The van der Waals surface area contributed by atoms with E-state index in [0.29, 0.717) is 24.5 Å². The number of nitrogens with one attached hydrogen (secondary N) is 1. The van der Waals surface area contributed by atoms with Gasteiger partial charge in [-0.15, -0.1) is 0 Å². The zero-order valence-corrected chi connectivity index (χ0v) is 17.0. The molecule has 1 atom stereocenters. The Morgan fingerprint density at radius 1 is 1.17 bits per heavy atom. The van der Waals surface area contributed by atoms with Crippen molar-refractivity contribution in [1.29, 1.82) is 0 Å². The Bertz CT molecular complexity index is 882. The Morgan fingerprint density at radius 3 is 2.50 bits per heavy atom. The maximum atomic E-state index is 13.7. The van der Waals surface area contributed by atoms with Crippen LogP contribution in [0, 0.1) is 5.82 Å². The van der Waals surface area contributed by atoms with Gasteiger partial charge < -0.3 is 24.4 Å². The molecule has 0 radical (unpaired) electrons. The third-order valence-electron chi connectivity index (χ3n) is 4.75. The van der Waals surface area contributed by atoms with Gasteiger partial charge in [-0.1, -0.05) is 6.07 Å². The van der Waals surface area contributed by atoms with Gasteiger partial charge in [-0.3, -0.25) is 9.59 Å². The zero-order chi connectivity index (χ0) is 21.5. The monoisotopic (exact) mass is 416 g/mol. The molecule has 0 aliphatic carbocycles. The fraction of sp³-hybridized carbons (Fsp3) is 0.364. The molecule has 1 aliphatic rings. The van der Waals surface area contributed by atoms with E-state index in [4.69, 9.17) is 14.2 Å². The molecule has 1 N–H and O–H groups in total. The first-order valence-electron chi connectivity index (χ1n) is 9.72. The lowest BCUT2D eigenvalue weighted by atomic mass is 10.1. The highest BCUT2D eigenvalue weighted by Gasteiger charge is 2.19. The van der Waals surface area contributed by atoms with Crippen LogP contribution >= 0.6 is 0 Å². The van der Waals surface area contributed by atoms with Crippen LogP contribution in [0.15, 0.2) is 42.5 Å². The van der Waals surface area contributed by atoms with Crippen LogP contribution in [0.3, 0.4) is 0 Å². The summed E-state index contributed by atoms with van der Waals surface area (Å²) in [5.74, 6) is -1.53. The molecule has 3 rings (SSSR count). The Kier molecular flexibility index (Phi) is 7.24. The molecular weight excluding hydrogens is 391 g/mol. The second kappa shape index (κ2) is 10.1. The molecule has 1 fully saturated rings. The zero-order valence-electron chi connectivity index (χ0n) is 17.0. The number of esters is 1. The lowest BCUT2D eigenvalue weighted by Crippen LogP contribution is -2.36. The first-order valence-corrected chi connectivity index (χ1v) is 9.72. The molecule has 1 heterocycles. The first kappa shape index (κ1) is 21.6. The number of amides is 1. The average Bonchev–Trinajstić information content (AvgIpc) is 2.75. The molecule has 2 aromatic carbocycles. The number of rotatable bonds is 7. The Hall–Kier alpha value is -3.13. The number of carbonyl (C=O) groups excluding carboxylic acids is 2. The van der Waals surface area contributed by atoms with Gasteiger partial charge in [-0.2, -0.15) is 0 Å². The van der Waals surface area contributed by atoms with Crippen molar-refractivity contribution in [3.8, 4) is 5.75 Å². The standard InChI is InChI=1S/C22H25FN2O5/c1-15(30-21(26)14-16-3-8-20(28-2)19(23)13-16)22(27)24-17-4-6-18(7-5-17)25-9-11-29-12-10-25/h3-8,13,15H,9-12,14H2,1-2H3,(H,24,27)/t15-/m0/s1. The molecule has 7 nitrogen and oxygen atoms in total. The van der Waals surface area contributed by atoms with Crippen molar-refractivity contribution in [1.82, 2.24) is 0 Å². The highest BCUT2D eigenvalue weighted by molar-refractivity contribution is 5.95. The number of morpholine rings is 1. The molecule has 160 valence electrons. The summed E-state index contributed by atoms with van der Waals surface area (Å²) in [6.45, 7) is 4.55. The van der Waals surface area contributed by atoms with E-state index in [1.165, 1.54) is 26.2 Å². The predicted molar refractivity (Wildman–Crippen MR) is 110 cm³/mol. The maximum absolute atomic E-state index is 13.7. The second-order valence-corrected chi connectivity index (χ2v) is 6.91. The molecule has 0 spiro atoms. The quantitative estimate of drug-likeness (QED) is 0.700. The number of nitrogens with zero attached hydrogens (tertiary/aromatic N) is 1. The van der Waals surface area contributed by atoms with Crippen molar-refractivity contribution in [2.75, 3.05) is 43.6 Å². The van der Waals surface area contributed by atoms with Crippen LogP contribution in [-0.2, 0) is 25.5 Å². The van der Waals surface area contributed by atoms with Crippen molar-refractivity contribution in [2.45, 2.75) is 19.4 Å². The number of carbonyl (C=O) groups is 2. The van der Waals surface area contributed by atoms with E-state index in [9.17, 15) is 14.0 Å². The topological polar surface area (TPSA) is 77.1 Å². The third kappa shape index (κ3) is 5.70. The molecule has 1 saturated heterocycles. The van der Waals surface area contributed by atoms with Crippen LogP contribution in [0.2, 0.25) is 0 Å². The molecule has 1 amide bonds. The van der Waals surface area contributed by atoms with Gasteiger partial charge in [0, 0.05) is 24.5 Å². The van der Waals surface area contributed by atoms with Gasteiger partial charge >= 0.3 is 5.97 Å². The summed E-state index contributed by atoms with van der Waals surface area (Å²) < 4.78 is 29.1. The van der Waals surface area contributed by atoms with Gasteiger partial charge in [-0.25, -0.2) is 4.39 Å². The smallest absolute Gasteiger partial charge is 0.311 e. The van der Waals surface area contributed by atoms with Gasteiger partial charge in [0.2, 0.25) is 0 Å². The van der Waals surface area contributed by atoms with Crippen LogP contribution in [0.5, 0.6) is 5.75 Å². The summed E-state index contributed by atoms with van der Waals surface area (Å²) in [6.07, 6.45) is -1.13. The summed E-state index contributed by atoms with van der Waals surface area (Å²) in [6, 6.07) is 11.7. The second-order valence-electron chi connectivity index (χ2n) is 6.91. The van der Waals surface area contributed by atoms with Crippen molar-refractivity contribution in [3.05, 3.63) is 53.8 Å². The minimum atomic E-state index is -0.987. The van der Waals surface area contributed by atoms with Crippen LogP contribution in [0.1, 0.15) is 12.5 Å². The van der Waals surface area contributed by atoms with E-state index < -0.39 is 23.8 Å². The van der Waals surface area contributed by atoms with Crippen molar-refractivity contribution in [2.24, 2.45) is 0 Å². The van der Waals surface area contributed by atoms with Crippen LogP contribution in [-0.4, -0.2) is 51.4 Å². The first-order chi connectivity index (χ1) is 14.5. The van der Waals surface area contributed by atoms with Gasteiger partial charge in [0.25, 0.3) is 5.91 Å². The minimum absolute atomic E-state index is 0.0968. The van der Waals surface area contributed by atoms with Gasteiger partial charge in [0.15, 0.2) is 17.7 Å². The molecule has 0 bridgehead atoms. The number of ether oxygens (including phenoxy) is 3. The van der Waals surface area contributed by atoms with Crippen LogP contribution in [0.25, 0.3) is 0 Å². The number of halogens is 1. The third-order valence-corrected chi connectivity index (χ3v) is 4.75. The average molecular weight is 416 g/mol. The summed E-state index contributed by atoms with van der Waals surface area (Å²) in [4.78, 5) is 26.6. The largest absolute Gasteiger partial charge is 0.494 e. The molecule has 2 aromatic rings. The summed E-state index contributed by atoms with van der Waals surface area (Å²) in [5.41, 5.74) is 2.10. The highest BCUT2D eigenvalue weighted by Crippen LogP contribution is 2.20. The van der Waals surface area contributed by atoms with Gasteiger partial charge in [-0.05, 0) is 48.9 Å². The van der Waals surface area contributed by atoms with Crippen molar-refractivity contribution in [3.63, 3.8) is 0 Å².